The van der Waals surface area contributed by atoms with Crippen molar-refractivity contribution in [3.05, 3.63) is 0 Å². The molecular formula is C6H25ClCrN12O6+2. The maximum atomic E-state index is 9.00. The van der Waals surface area contributed by atoms with E-state index in [-0.39, 0.29) is 29.8 Å². The van der Waals surface area contributed by atoms with Crippen molar-refractivity contribution in [3.63, 3.8) is 0 Å². The van der Waals surface area contributed by atoms with Gasteiger partial charge in [-0.1, -0.05) is 0 Å². The van der Waals surface area contributed by atoms with Gasteiger partial charge in [0.15, 0.2) is 0 Å². The van der Waals surface area contributed by atoms with E-state index in [1.807, 2.05) is 0 Å². The van der Waals surface area contributed by atoms with Gasteiger partial charge in [-0.3, -0.25) is 0 Å². The molecular weight excluding hydrogens is 424 g/mol. The number of rotatable bonds is 0. The average molecular weight is 449 g/mol. The molecule has 0 heterocycles. The molecule has 0 saturated heterocycles. The number of hydrogen-bond acceptors (Lipinski definition) is 6. The third kappa shape index (κ3) is 611. The largest absolute Gasteiger partial charge is 2.00 e. The standard InChI is InChI=1S/6CH4N2O.ClH.Cr/c6*2-1(3)4;;/h6*(H4,2,3,4);1H;/q;;;;;;;+2. The number of amides is 12. The van der Waals surface area contributed by atoms with Crippen LogP contribution in [0.4, 0.5) is 28.8 Å². The summed E-state index contributed by atoms with van der Waals surface area (Å²) in [5.41, 5.74) is 51.0. The van der Waals surface area contributed by atoms with Crippen molar-refractivity contribution in [2.75, 3.05) is 0 Å². The van der Waals surface area contributed by atoms with Gasteiger partial charge in [-0.2, -0.15) is 0 Å². The van der Waals surface area contributed by atoms with Crippen LogP contribution in [0, 0.1) is 0 Å². The van der Waals surface area contributed by atoms with Gasteiger partial charge in [0.1, 0.15) is 0 Å². The number of hydrogen-bond donors (Lipinski definition) is 12. The molecule has 24 N–H and O–H groups in total. The minimum atomic E-state index is -0.833. The van der Waals surface area contributed by atoms with E-state index in [0.29, 0.717) is 0 Å². The molecule has 0 unspecified atom stereocenters. The van der Waals surface area contributed by atoms with E-state index in [0.717, 1.165) is 0 Å². The quantitative estimate of drug-likeness (QED) is 0.171. The monoisotopic (exact) mass is 448 g/mol. The van der Waals surface area contributed by atoms with Crippen LogP contribution in [0.25, 0.3) is 0 Å². The summed E-state index contributed by atoms with van der Waals surface area (Å²) >= 11 is 0. The molecule has 0 aromatic rings. The maximum absolute atomic E-state index is 9.00. The molecule has 0 spiro atoms. The van der Waals surface area contributed by atoms with Crippen LogP contribution in [0.3, 0.4) is 0 Å². The molecule has 0 radical (unpaired) electrons. The van der Waals surface area contributed by atoms with Crippen molar-refractivity contribution in [2.45, 2.75) is 0 Å². The second-order valence-corrected chi connectivity index (χ2v) is 2.41. The molecule has 0 saturated carbocycles. The summed E-state index contributed by atoms with van der Waals surface area (Å²) < 4.78 is 0. The molecule has 0 aliphatic rings. The Labute approximate surface area is 164 Å². The third-order valence-corrected chi connectivity index (χ3v) is 0. The van der Waals surface area contributed by atoms with Crippen molar-refractivity contribution in [3.8, 4) is 0 Å². The fourth-order valence-electron chi connectivity index (χ4n) is 0. The van der Waals surface area contributed by atoms with Crippen LogP contribution in [0.15, 0.2) is 0 Å². The van der Waals surface area contributed by atoms with E-state index >= 15 is 0 Å². The Morgan fingerprint density at radius 1 is 0.308 bits per heavy atom. The first-order valence-electron chi connectivity index (χ1n) is 4.69. The van der Waals surface area contributed by atoms with E-state index in [9.17, 15) is 0 Å². The first-order valence-corrected chi connectivity index (χ1v) is 4.69. The van der Waals surface area contributed by atoms with Gasteiger partial charge in [-0.25, -0.2) is 28.8 Å². The molecule has 26 heavy (non-hydrogen) atoms. The summed E-state index contributed by atoms with van der Waals surface area (Å²) in [6.07, 6.45) is 0. The molecule has 0 aromatic carbocycles. The Balaban J connectivity index is -0.0000000245. The molecule has 0 aliphatic carbocycles. The van der Waals surface area contributed by atoms with Gasteiger partial charge in [0.2, 0.25) is 0 Å². The first-order chi connectivity index (χ1) is 10.4. The molecule has 0 fully saturated rings. The van der Waals surface area contributed by atoms with Crippen molar-refractivity contribution in [2.24, 2.45) is 68.8 Å². The molecule has 20 heteroatoms. The molecule has 156 valence electrons. The van der Waals surface area contributed by atoms with Gasteiger partial charge < -0.3 is 68.8 Å². The molecule has 12 amide bonds. The Hall–Kier alpha value is -3.56. The van der Waals surface area contributed by atoms with Crippen molar-refractivity contribution < 1.29 is 46.1 Å². The number of urea groups is 6. The van der Waals surface area contributed by atoms with Crippen LogP contribution < -0.4 is 68.8 Å². The van der Waals surface area contributed by atoms with Gasteiger partial charge in [0.05, 0.1) is 0 Å². The van der Waals surface area contributed by atoms with E-state index in [4.69, 9.17) is 28.8 Å². The predicted molar refractivity (Wildman–Crippen MR) is 89.9 cm³/mol. The molecule has 0 rings (SSSR count). The van der Waals surface area contributed by atoms with E-state index < -0.39 is 36.2 Å². The van der Waals surface area contributed by atoms with E-state index in [2.05, 4.69) is 68.8 Å². The summed E-state index contributed by atoms with van der Waals surface area (Å²) in [6.45, 7) is 0. The van der Waals surface area contributed by atoms with Crippen LogP contribution >= 0.6 is 12.4 Å². The topological polar surface area (TPSA) is 415 Å². The number of carbonyl (C=O) groups is 6. The van der Waals surface area contributed by atoms with E-state index in [1.165, 1.54) is 0 Å². The fourth-order valence-corrected chi connectivity index (χ4v) is 0. The minimum absolute atomic E-state index is 0. The van der Waals surface area contributed by atoms with Gasteiger partial charge >= 0.3 is 53.5 Å². The van der Waals surface area contributed by atoms with Gasteiger partial charge in [-0.15, -0.1) is 12.4 Å². The minimum Gasteiger partial charge on any atom is -0.352 e. The summed E-state index contributed by atoms with van der Waals surface area (Å²) in [4.78, 5) is 54.0. The van der Waals surface area contributed by atoms with Crippen LogP contribution in [0.2, 0.25) is 0 Å². The second kappa shape index (κ2) is 43.0. The summed E-state index contributed by atoms with van der Waals surface area (Å²) in [5.74, 6) is 0. The zero-order chi connectivity index (χ0) is 21.5. The Bertz CT molecular complexity index is 279. The van der Waals surface area contributed by atoms with Crippen molar-refractivity contribution in [1.29, 1.82) is 0 Å². The number of carbonyl (C=O) groups excluding carboxylic acids is 6. The summed E-state index contributed by atoms with van der Waals surface area (Å²) in [6, 6.07) is -5.00. The zero-order valence-electron chi connectivity index (χ0n) is 13.2. The number of halogens is 1. The zero-order valence-corrected chi connectivity index (χ0v) is 15.3. The normalized spacial score (nSPS) is 5.54. The Kier molecular flexibility index (Phi) is 81.7. The molecule has 18 nitrogen and oxygen atoms in total. The van der Waals surface area contributed by atoms with E-state index in [1.54, 1.807) is 0 Å². The average Bonchev–Trinajstić information content (AvgIpc) is 2.08. The number of nitrogens with two attached hydrogens (primary N) is 12. The Morgan fingerprint density at radius 3 is 0.308 bits per heavy atom. The maximum Gasteiger partial charge on any atom is 2.00 e. The SMILES string of the molecule is Cl.NC(N)=O.NC(N)=O.NC(N)=O.NC(N)=O.NC(N)=O.NC(N)=O.[Cr+2]. The first kappa shape index (κ1) is 49.5. The van der Waals surface area contributed by atoms with Crippen LogP contribution in [0.1, 0.15) is 0 Å². The third-order valence-electron chi connectivity index (χ3n) is 0. The predicted octanol–water partition coefficient (Wildman–Crippen LogP) is -5.44. The summed E-state index contributed by atoms with van der Waals surface area (Å²) in [7, 11) is 0. The van der Waals surface area contributed by atoms with Crippen LogP contribution in [-0.4, -0.2) is 36.2 Å². The van der Waals surface area contributed by atoms with Crippen LogP contribution in [-0.2, 0) is 17.4 Å². The second-order valence-electron chi connectivity index (χ2n) is 2.41. The van der Waals surface area contributed by atoms with Crippen molar-refractivity contribution >= 4 is 48.6 Å². The van der Waals surface area contributed by atoms with Gasteiger partial charge in [0.25, 0.3) is 0 Å². The van der Waals surface area contributed by atoms with Gasteiger partial charge in [-0.05, 0) is 0 Å². The molecule has 0 aromatic heterocycles. The fraction of sp³-hybridized carbons (Fsp3) is 0. The number of primary amides is 12. The van der Waals surface area contributed by atoms with Gasteiger partial charge in [0, 0.05) is 0 Å². The molecule has 0 bridgehead atoms. The smallest absolute Gasteiger partial charge is 0.352 e. The van der Waals surface area contributed by atoms with Crippen molar-refractivity contribution in [1.82, 2.24) is 0 Å². The summed E-state index contributed by atoms with van der Waals surface area (Å²) in [5, 5.41) is 0. The molecule has 0 atom stereocenters. The Morgan fingerprint density at radius 2 is 0.308 bits per heavy atom. The van der Waals surface area contributed by atoms with Crippen LogP contribution in [0.5, 0.6) is 0 Å². The molecule has 0 aliphatic heterocycles.